The maximum atomic E-state index is 16.8. The van der Waals surface area contributed by atoms with E-state index in [1.165, 1.54) is 19.9 Å². The van der Waals surface area contributed by atoms with Gasteiger partial charge in [-0.1, -0.05) is 31.5 Å². The van der Waals surface area contributed by atoms with E-state index in [-0.39, 0.29) is 42.1 Å². The average molecular weight is 720 g/mol. The van der Waals surface area contributed by atoms with Crippen LogP contribution >= 0.6 is 0 Å². The smallest absolute Gasteiger partial charge is 0.416 e. The van der Waals surface area contributed by atoms with Crippen LogP contribution in [0.15, 0.2) is 35.3 Å². The lowest BCUT2D eigenvalue weighted by molar-refractivity contribution is -0.153. The van der Waals surface area contributed by atoms with Gasteiger partial charge in [-0.15, -0.1) is 0 Å². The monoisotopic (exact) mass is 719 g/mol. The summed E-state index contributed by atoms with van der Waals surface area (Å²) in [5, 5.41) is 14.4. The van der Waals surface area contributed by atoms with Gasteiger partial charge in [0.15, 0.2) is 5.72 Å². The molecule has 278 valence electrons. The van der Waals surface area contributed by atoms with Crippen molar-refractivity contribution in [1.82, 2.24) is 14.8 Å². The Morgan fingerprint density at radius 3 is 2.14 bits per heavy atom. The van der Waals surface area contributed by atoms with Gasteiger partial charge in [0, 0.05) is 24.4 Å². The van der Waals surface area contributed by atoms with E-state index in [9.17, 15) is 32.7 Å². The van der Waals surface area contributed by atoms with Crippen molar-refractivity contribution >= 4 is 11.9 Å². The molecular formula is C38H46F5N3O5. The van der Waals surface area contributed by atoms with Gasteiger partial charge in [-0.25, -0.2) is 8.78 Å². The fraction of sp³-hybridized carbons (Fsp3) is 0.500. The molecule has 1 amide bonds. The van der Waals surface area contributed by atoms with E-state index in [4.69, 9.17) is 4.74 Å². The molecule has 2 atom stereocenters. The lowest BCUT2D eigenvalue weighted by atomic mass is 9.87. The topological polar surface area (TPSA) is 101 Å². The van der Waals surface area contributed by atoms with E-state index < -0.39 is 64.6 Å². The molecule has 1 aliphatic rings. The van der Waals surface area contributed by atoms with Gasteiger partial charge in [0.25, 0.3) is 5.56 Å². The summed E-state index contributed by atoms with van der Waals surface area (Å²) < 4.78 is 81.0. The molecule has 8 nitrogen and oxygen atoms in total. The third-order valence-electron chi connectivity index (χ3n) is 9.23. The van der Waals surface area contributed by atoms with Gasteiger partial charge < -0.3 is 24.6 Å². The summed E-state index contributed by atoms with van der Waals surface area (Å²) in [4.78, 5) is 42.4. The number of aromatic nitrogens is 1. The molecule has 0 saturated carbocycles. The Balaban J connectivity index is 1.88. The second-order valence-corrected chi connectivity index (χ2v) is 13.9. The summed E-state index contributed by atoms with van der Waals surface area (Å²) in [6.45, 7) is 13.2. The van der Waals surface area contributed by atoms with Crippen LogP contribution in [-0.2, 0) is 32.6 Å². The van der Waals surface area contributed by atoms with Crippen LogP contribution in [0.2, 0.25) is 0 Å². The molecule has 4 rings (SSSR count). The standard InChI is InChI=1S/C38H46F5N3O5/c1-8-51-31(48)19-37(50,33-34(39)25(7)17-27(35(33)40)32-23(5)15-22(4)16-24(32)6)44-36(49)29(14-21(2)3)46-20-26(10-13-45-11-9-12-45)28(18-30(46)47)38(41,42)43/h15-18,20-21,29,50H,8-14,19H2,1-7H3,(H,44,49)/t29?,37-/m0/s1. The number of nitrogens with zero attached hydrogens (tertiary/aromatic N) is 2. The van der Waals surface area contributed by atoms with E-state index in [1.54, 1.807) is 27.7 Å². The van der Waals surface area contributed by atoms with E-state index in [1.807, 2.05) is 24.0 Å². The lowest BCUT2D eigenvalue weighted by Gasteiger charge is -2.33. The fourth-order valence-corrected chi connectivity index (χ4v) is 6.80. The molecule has 3 aromatic rings. The number of esters is 1. The number of ether oxygens (including phenoxy) is 1. The van der Waals surface area contributed by atoms with Crippen molar-refractivity contribution in [1.29, 1.82) is 0 Å². The minimum Gasteiger partial charge on any atom is -0.466 e. The van der Waals surface area contributed by atoms with Crippen LogP contribution in [0.4, 0.5) is 22.0 Å². The third kappa shape index (κ3) is 8.86. The molecule has 0 radical (unpaired) electrons. The van der Waals surface area contributed by atoms with Crippen molar-refractivity contribution in [3.8, 4) is 11.1 Å². The molecule has 1 unspecified atom stereocenters. The van der Waals surface area contributed by atoms with Crippen LogP contribution in [0.5, 0.6) is 0 Å². The zero-order valence-corrected chi connectivity index (χ0v) is 30.1. The Hall–Kier alpha value is -4.10. The second kappa shape index (κ2) is 15.6. The maximum Gasteiger partial charge on any atom is 0.416 e. The number of carbonyl (C=O) groups is 2. The molecule has 2 heterocycles. The minimum absolute atomic E-state index is 0.0573. The number of amides is 1. The number of nitrogens with one attached hydrogen (secondary N) is 1. The number of aryl methyl sites for hydroxylation is 4. The zero-order valence-electron chi connectivity index (χ0n) is 30.1. The number of likely N-dealkylation sites (tertiary alicyclic amines) is 1. The fourth-order valence-electron chi connectivity index (χ4n) is 6.80. The van der Waals surface area contributed by atoms with Gasteiger partial charge in [0.1, 0.15) is 17.7 Å². The van der Waals surface area contributed by atoms with E-state index >= 15 is 8.78 Å². The number of hydrogen-bond acceptors (Lipinski definition) is 6. The van der Waals surface area contributed by atoms with E-state index in [0.717, 1.165) is 35.8 Å². The molecular weight excluding hydrogens is 673 g/mol. The first-order chi connectivity index (χ1) is 23.8. The summed E-state index contributed by atoms with van der Waals surface area (Å²) in [7, 11) is 0. The van der Waals surface area contributed by atoms with Crippen LogP contribution < -0.4 is 10.9 Å². The number of alkyl halides is 3. The van der Waals surface area contributed by atoms with Crippen LogP contribution in [0, 0.1) is 45.2 Å². The number of hydrogen-bond donors (Lipinski definition) is 2. The highest BCUT2D eigenvalue weighted by atomic mass is 19.4. The van der Waals surface area contributed by atoms with Crippen molar-refractivity contribution < 1.29 is 41.4 Å². The van der Waals surface area contributed by atoms with Crippen LogP contribution in [0.1, 0.15) is 85.0 Å². The largest absolute Gasteiger partial charge is 0.466 e. The van der Waals surface area contributed by atoms with Gasteiger partial charge in [-0.3, -0.25) is 14.4 Å². The first-order valence-corrected chi connectivity index (χ1v) is 17.1. The highest BCUT2D eigenvalue weighted by molar-refractivity contribution is 5.83. The van der Waals surface area contributed by atoms with Gasteiger partial charge >= 0.3 is 12.1 Å². The Kier molecular flexibility index (Phi) is 12.2. The Morgan fingerprint density at radius 1 is 0.980 bits per heavy atom. The van der Waals surface area contributed by atoms with Crippen molar-refractivity contribution in [2.75, 3.05) is 26.2 Å². The van der Waals surface area contributed by atoms with Crippen molar-refractivity contribution in [3.63, 3.8) is 0 Å². The van der Waals surface area contributed by atoms with Crippen LogP contribution in [0.25, 0.3) is 11.1 Å². The normalized spacial score (nSPS) is 15.3. The molecule has 13 heteroatoms. The van der Waals surface area contributed by atoms with Crippen molar-refractivity contribution in [3.05, 3.63) is 91.4 Å². The SMILES string of the molecule is CCOC(=O)C[C@@](O)(NC(=O)C(CC(C)C)n1cc(CCN2CCC2)c(C(F)(F)F)cc1=O)c1c(F)c(C)cc(-c2c(C)cc(C)cc2C)c1F. The molecule has 0 aliphatic carbocycles. The first kappa shape index (κ1) is 39.7. The van der Waals surface area contributed by atoms with Crippen LogP contribution in [0.3, 0.4) is 0 Å². The van der Waals surface area contributed by atoms with Gasteiger partial charge in [0.05, 0.1) is 24.2 Å². The number of pyridine rings is 1. The molecule has 0 bridgehead atoms. The van der Waals surface area contributed by atoms with Gasteiger partial charge in [-0.2, -0.15) is 13.2 Å². The predicted molar refractivity (Wildman–Crippen MR) is 183 cm³/mol. The number of rotatable bonds is 13. The molecule has 0 spiro atoms. The molecule has 2 aromatic carbocycles. The lowest BCUT2D eigenvalue weighted by Crippen LogP contribution is -2.52. The van der Waals surface area contributed by atoms with Gasteiger partial charge in [-0.05, 0) is 107 Å². The molecule has 1 fully saturated rings. The second-order valence-electron chi connectivity index (χ2n) is 13.9. The number of carbonyl (C=O) groups excluding carboxylic acids is 2. The Labute approximate surface area is 294 Å². The Bertz CT molecular complexity index is 1830. The van der Waals surface area contributed by atoms with E-state index in [0.29, 0.717) is 29.3 Å². The molecule has 2 N–H and O–H groups in total. The molecule has 1 saturated heterocycles. The van der Waals surface area contributed by atoms with Gasteiger partial charge in [0.2, 0.25) is 5.91 Å². The third-order valence-corrected chi connectivity index (χ3v) is 9.23. The Morgan fingerprint density at radius 2 is 1.61 bits per heavy atom. The summed E-state index contributed by atoms with van der Waals surface area (Å²) in [6, 6.07) is 3.80. The summed E-state index contributed by atoms with van der Waals surface area (Å²) in [5.74, 6) is -5.02. The first-order valence-electron chi connectivity index (χ1n) is 17.1. The molecule has 51 heavy (non-hydrogen) atoms. The molecule has 1 aliphatic heterocycles. The van der Waals surface area contributed by atoms with Crippen molar-refractivity contribution in [2.45, 2.75) is 92.1 Å². The maximum absolute atomic E-state index is 16.8. The predicted octanol–water partition coefficient (Wildman–Crippen LogP) is 6.80. The average Bonchev–Trinajstić information content (AvgIpc) is 2.97. The molecule has 1 aromatic heterocycles. The summed E-state index contributed by atoms with van der Waals surface area (Å²) in [6.07, 6.45) is -4.21. The highest BCUT2D eigenvalue weighted by Gasteiger charge is 2.43. The highest BCUT2D eigenvalue weighted by Crippen LogP contribution is 2.39. The number of aliphatic hydroxyl groups is 1. The van der Waals surface area contributed by atoms with Crippen LogP contribution in [-0.4, -0.2) is 52.7 Å². The number of benzene rings is 2. The van der Waals surface area contributed by atoms with Crippen molar-refractivity contribution in [2.24, 2.45) is 5.92 Å². The summed E-state index contributed by atoms with van der Waals surface area (Å²) >= 11 is 0. The minimum atomic E-state index is -4.84. The quantitative estimate of drug-likeness (QED) is 0.115. The zero-order chi connectivity index (χ0) is 38.0. The summed E-state index contributed by atoms with van der Waals surface area (Å²) in [5.41, 5.74) is -4.06. The number of halogens is 5. The van der Waals surface area contributed by atoms with E-state index in [2.05, 4.69) is 5.32 Å².